The van der Waals surface area contributed by atoms with Gasteiger partial charge in [0.25, 0.3) is 11.8 Å². The van der Waals surface area contributed by atoms with Gasteiger partial charge in [0.15, 0.2) is 0 Å². The molecule has 0 radical (unpaired) electrons. The molecule has 3 aromatic rings. The van der Waals surface area contributed by atoms with Gasteiger partial charge < -0.3 is 9.30 Å². The van der Waals surface area contributed by atoms with Gasteiger partial charge in [0, 0.05) is 16.3 Å². The second kappa shape index (κ2) is 8.75. The number of thiophene rings is 1. The number of urea groups is 1. The fourth-order valence-corrected chi connectivity index (χ4v) is 5.24. The van der Waals surface area contributed by atoms with Gasteiger partial charge in [0.1, 0.15) is 10.6 Å². The summed E-state index contributed by atoms with van der Waals surface area (Å²) in [6.07, 6.45) is 1.48. The number of aromatic nitrogens is 1. The Morgan fingerprint density at radius 1 is 1.06 bits per heavy atom. The molecule has 0 atom stereocenters. The standard InChI is InChI=1S/C25H23N3O5S/c1-13-11-17(15(3)27(13)23-20(24(31)33-5)14(2)16(4)34-23)12-19-21(29)26-25(32)28(22(19)30)18-9-7-6-8-10-18/h6-12H,1-5H3,(H,26,29,32)/b19-12+. The van der Waals surface area contributed by atoms with Crippen LogP contribution in [0.5, 0.6) is 0 Å². The van der Waals surface area contributed by atoms with Crippen molar-refractivity contribution < 1.29 is 23.9 Å². The zero-order chi connectivity index (χ0) is 24.7. The quantitative estimate of drug-likeness (QED) is 0.345. The third-order valence-electron chi connectivity index (χ3n) is 5.85. The third-order valence-corrected chi connectivity index (χ3v) is 7.04. The average Bonchev–Trinajstić information content (AvgIpc) is 3.25. The van der Waals surface area contributed by atoms with Crippen molar-refractivity contribution >= 4 is 46.9 Å². The number of aryl methyl sites for hydroxylation is 2. The molecule has 1 N–H and O–H groups in total. The van der Waals surface area contributed by atoms with Crippen molar-refractivity contribution in [3.8, 4) is 5.00 Å². The topological polar surface area (TPSA) is 97.7 Å². The van der Waals surface area contributed by atoms with Gasteiger partial charge in [0.2, 0.25) is 0 Å². The van der Waals surface area contributed by atoms with Gasteiger partial charge in [-0.1, -0.05) is 18.2 Å². The number of esters is 1. The number of para-hydroxylation sites is 1. The van der Waals surface area contributed by atoms with Crippen LogP contribution in [0.1, 0.15) is 37.7 Å². The predicted octanol–water partition coefficient (Wildman–Crippen LogP) is 4.23. The number of rotatable bonds is 4. The summed E-state index contributed by atoms with van der Waals surface area (Å²) >= 11 is 1.47. The van der Waals surface area contributed by atoms with Crippen LogP contribution in [0.15, 0.2) is 42.0 Å². The first-order valence-corrected chi connectivity index (χ1v) is 11.3. The number of carbonyl (C=O) groups is 4. The number of carbonyl (C=O) groups excluding carboxylic acids is 4. The molecule has 4 rings (SSSR count). The molecule has 0 aliphatic carbocycles. The van der Waals surface area contributed by atoms with E-state index in [0.29, 0.717) is 21.8 Å². The van der Waals surface area contributed by atoms with E-state index in [0.717, 1.165) is 26.7 Å². The largest absolute Gasteiger partial charge is 0.465 e. The Kier molecular flexibility index (Phi) is 5.97. The Morgan fingerprint density at radius 3 is 2.38 bits per heavy atom. The van der Waals surface area contributed by atoms with E-state index in [2.05, 4.69) is 5.32 Å². The molecule has 0 unspecified atom stereocenters. The summed E-state index contributed by atoms with van der Waals surface area (Å²) in [5.41, 5.74) is 3.71. The van der Waals surface area contributed by atoms with E-state index < -0.39 is 23.8 Å². The molecule has 1 aromatic carbocycles. The van der Waals surface area contributed by atoms with E-state index in [1.54, 1.807) is 30.3 Å². The van der Waals surface area contributed by atoms with Crippen LogP contribution in [0.3, 0.4) is 0 Å². The highest BCUT2D eigenvalue weighted by molar-refractivity contribution is 7.15. The van der Waals surface area contributed by atoms with Crippen LogP contribution in [0.25, 0.3) is 11.1 Å². The molecule has 1 saturated heterocycles. The fraction of sp³-hybridized carbons (Fsp3) is 0.200. The minimum absolute atomic E-state index is 0.157. The van der Waals surface area contributed by atoms with Gasteiger partial charge >= 0.3 is 12.0 Å². The number of anilines is 1. The lowest BCUT2D eigenvalue weighted by molar-refractivity contribution is -0.122. The van der Waals surface area contributed by atoms with Gasteiger partial charge in [-0.15, -0.1) is 11.3 Å². The second-order valence-corrected chi connectivity index (χ2v) is 9.11. The van der Waals surface area contributed by atoms with Crippen molar-refractivity contribution in [1.82, 2.24) is 9.88 Å². The average molecular weight is 478 g/mol. The summed E-state index contributed by atoms with van der Waals surface area (Å²) < 4.78 is 6.91. The molecule has 174 valence electrons. The predicted molar refractivity (Wildman–Crippen MR) is 129 cm³/mol. The maximum atomic E-state index is 13.2. The maximum absolute atomic E-state index is 13.2. The second-order valence-electron chi connectivity index (χ2n) is 7.91. The zero-order valence-electron chi connectivity index (χ0n) is 19.4. The number of nitrogens with one attached hydrogen (secondary N) is 1. The number of hydrogen-bond acceptors (Lipinski definition) is 6. The maximum Gasteiger partial charge on any atom is 0.341 e. The molecule has 0 bridgehead atoms. The monoisotopic (exact) mass is 477 g/mol. The number of nitrogens with zero attached hydrogens (tertiary/aromatic N) is 2. The lowest BCUT2D eigenvalue weighted by atomic mass is 10.1. The summed E-state index contributed by atoms with van der Waals surface area (Å²) in [5.74, 6) is -1.89. The normalized spacial score (nSPS) is 15.1. The summed E-state index contributed by atoms with van der Waals surface area (Å²) in [6.45, 7) is 7.53. The highest BCUT2D eigenvalue weighted by Gasteiger charge is 2.37. The van der Waals surface area contributed by atoms with Crippen molar-refractivity contribution in [2.24, 2.45) is 0 Å². The van der Waals surface area contributed by atoms with Gasteiger partial charge in [0.05, 0.1) is 18.4 Å². The highest BCUT2D eigenvalue weighted by atomic mass is 32.1. The summed E-state index contributed by atoms with van der Waals surface area (Å²) in [5, 5.41) is 2.95. The van der Waals surface area contributed by atoms with Gasteiger partial charge in [-0.25, -0.2) is 14.5 Å². The van der Waals surface area contributed by atoms with E-state index in [4.69, 9.17) is 4.74 Å². The van der Waals surface area contributed by atoms with Crippen LogP contribution in [0.2, 0.25) is 0 Å². The molecule has 8 nitrogen and oxygen atoms in total. The molecule has 3 heterocycles. The molecule has 1 fully saturated rings. The van der Waals surface area contributed by atoms with E-state index in [9.17, 15) is 19.2 Å². The first-order chi connectivity index (χ1) is 16.1. The zero-order valence-corrected chi connectivity index (χ0v) is 20.2. The number of barbiturate groups is 1. The van der Waals surface area contributed by atoms with Crippen molar-refractivity contribution in [3.63, 3.8) is 0 Å². The molecule has 1 aliphatic rings. The summed E-state index contributed by atoms with van der Waals surface area (Å²) in [7, 11) is 1.34. The van der Waals surface area contributed by atoms with Crippen molar-refractivity contribution in [2.45, 2.75) is 27.7 Å². The Balaban J connectivity index is 1.82. The van der Waals surface area contributed by atoms with Gasteiger partial charge in [-0.05, 0) is 63.1 Å². The van der Waals surface area contributed by atoms with Crippen LogP contribution in [-0.4, -0.2) is 35.5 Å². The molecular weight excluding hydrogens is 454 g/mol. The van der Waals surface area contributed by atoms with E-state index in [-0.39, 0.29) is 5.57 Å². The molecular formula is C25H23N3O5S. The van der Waals surface area contributed by atoms with Crippen LogP contribution >= 0.6 is 11.3 Å². The Morgan fingerprint density at radius 2 is 1.74 bits per heavy atom. The molecule has 9 heteroatoms. The van der Waals surface area contributed by atoms with Gasteiger partial charge in [-0.2, -0.15) is 0 Å². The van der Waals surface area contributed by atoms with Crippen molar-refractivity contribution in [2.75, 3.05) is 12.0 Å². The Bertz CT molecular complexity index is 1380. The van der Waals surface area contributed by atoms with Crippen LogP contribution in [0, 0.1) is 27.7 Å². The molecule has 34 heavy (non-hydrogen) atoms. The van der Waals surface area contributed by atoms with E-state index in [1.807, 2.05) is 38.3 Å². The summed E-state index contributed by atoms with van der Waals surface area (Å²) in [4.78, 5) is 52.6. The van der Waals surface area contributed by atoms with Crippen LogP contribution < -0.4 is 10.2 Å². The van der Waals surface area contributed by atoms with Crippen LogP contribution in [0.4, 0.5) is 10.5 Å². The number of amides is 4. The number of ether oxygens (including phenoxy) is 1. The minimum atomic E-state index is -0.795. The lowest BCUT2D eigenvalue weighted by Gasteiger charge is -2.26. The molecule has 0 saturated carbocycles. The Hall–Kier alpha value is -3.98. The fourth-order valence-electron chi connectivity index (χ4n) is 3.98. The number of benzene rings is 1. The number of imide groups is 2. The number of methoxy groups -OCH3 is 1. The molecule has 1 aliphatic heterocycles. The van der Waals surface area contributed by atoms with E-state index >= 15 is 0 Å². The smallest absolute Gasteiger partial charge is 0.341 e. The van der Waals surface area contributed by atoms with E-state index in [1.165, 1.54) is 24.5 Å². The van der Waals surface area contributed by atoms with Gasteiger partial charge in [-0.3, -0.25) is 14.9 Å². The summed E-state index contributed by atoms with van der Waals surface area (Å²) in [6, 6.07) is 9.44. The molecule has 2 aromatic heterocycles. The molecule has 0 spiro atoms. The lowest BCUT2D eigenvalue weighted by Crippen LogP contribution is -2.54. The highest BCUT2D eigenvalue weighted by Crippen LogP contribution is 2.35. The van der Waals surface area contributed by atoms with Crippen LogP contribution in [-0.2, 0) is 14.3 Å². The Labute approximate surface area is 200 Å². The third kappa shape index (κ3) is 3.73. The van der Waals surface area contributed by atoms with Crippen molar-refractivity contribution in [3.05, 3.63) is 74.9 Å². The van der Waals surface area contributed by atoms with Crippen molar-refractivity contribution in [1.29, 1.82) is 0 Å². The number of hydrogen-bond donors (Lipinski definition) is 1. The SMILES string of the molecule is COC(=O)c1c(-n2c(C)cc(/C=C3\C(=O)NC(=O)N(c4ccccc4)C3=O)c2C)sc(C)c1C. The first-order valence-electron chi connectivity index (χ1n) is 10.5. The minimum Gasteiger partial charge on any atom is -0.465 e. The molecule has 4 amide bonds. The first kappa shape index (κ1) is 23.2.